The molecule has 4 nitrogen and oxygen atoms in total. The molecule has 94 valence electrons. The number of hydrogen-bond acceptors (Lipinski definition) is 5. The molecule has 0 spiro atoms. The molecule has 0 radical (unpaired) electrons. The molecule has 5 heteroatoms. The molecule has 2 atom stereocenters. The second-order valence-electron chi connectivity index (χ2n) is 4.26. The van der Waals surface area contributed by atoms with Gasteiger partial charge in [0.25, 0.3) is 0 Å². The highest BCUT2D eigenvalue weighted by molar-refractivity contribution is 7.99. The SMILES string of the molecule is COc1cc(NC2CCCCC2SC)ncn1. The zero-order valence-corrected chi connectivity index (χ0v) is 11.2. The Morgan fingerprint density at radius 1 is 1.35 bits per heavy atom. The minimum atomic E-state index is 0.512. The first-order chi connectivity index (χ1) is 8.33. The van der Waals surface area contributed by atoms with Gasteiger partial charge in [-0.3, -0.25) is 0 Å². The van der Waals surface area contributed by atoms with Gasteiger partial charge >= 0.3 is 0 Å². The van der Waals surface area contributed by atoms with Gasteiger partial charge < -0.3 is 10.1 Å². The number of nitrogens with zero attached hydrogens (tertiary/aromatic N) is 2. The molecule has 1 aromatic heterocycles. The maximum atomic E-state index is 5.10. The molecule has 17 heavy (non-hydrogen) atoms. The summed E-state index contributed by atoms with van der Waals surface area (Å²) in [6.45, 7) is 0. The molecule has 0 bridgehead atoms. The van der Waals surface area contributed by atoms with Crippen LogP contribution in [0.1, 0.15) is 25.7 Å². The molecule has 0 saturated heterocycles. The van der Waals surface area contributed by atoms with Crippen molar-refractivity contribution >= 4 is 17.6 Å². The number of anilines is 1. The number of methoxy groups -OCH3 is 1. The smallest absolute Gasteiger partial charge is 0.218 e. The summed E-state index contributed by atoms with van der Waals surface area (Å²) >= 11 is 1.95. The molecule has 1 fully saturated rings. The Labute approximate surface area is 107 Å². The van der Waals surface area contributed by atoms with Crippen LogP contribution in [-0.4, -0.2) is 34.6 Å². The van der Waals surface area contributed by atoms with Crippen LogP contribution in [0.4, 0.5) is 5.82 Å². The molecule has 1 aromatic rings. The minimum Gasteiger partial charge on any atom is -0.481 e. The third-order valence-electron chi connectivity index (χ3n) is 3.19. The average Bonchev–Trinajstić information content (AvgIpc) is 2.39. The molecule has 0 amide bonds. The highest BCUT2D eigenvalue weighted by atomic mass is 32.2. The monoisotopic (exact) mass is 253 g/mol. The van der Waals surface area contributed by atoms with Crippen molar-refractivity contribution < 1.29 is 4.74 Å². The summed E-state index contributed by atoms with van der Waals surface area (Å²) in [6, 6.07) is 2.37. The summed E-state index contributed by atoms with van der Waals surface area (Å²) in [5, 5.41) is 4.19. The van der Waals surface area contributed by atoms with E-state index in [1.807, 2.05) is 17.8 Å². The Morgan fingerprint density at radius 2 is 2.18 bits per heavy atom. The first kappa shape index (κ1) is 12.5. The zero-order chi connectivity index (χ0) is 12.1. The maximum Gasteiger partial charge on any atom is 0.218 e. The molecule has 1 N–H and O–H groups in total. The summed E-state index contributed by atoms with van der Waals surface area (Å²) in [7, 11) is 1.62. The van der Waals surface area contributed by atoms with Crippen LogP contribution in [0.5, 0.6) is 5.88 Å². The third kappa shape index (κ3) is 3.25. The van der Waals surface area contributed by atoms with Crippen molar-refractivity contribution in [2.24, 2.45) is 0 Å². The van der Waals surface area contributed by atoms with E-state index in [1.165, 1.54) is 32.0 Å². The lowest BCUT2D eigenvalue weighted by molar-refractivity contribution is 0.396. The van der Waals surface area contributed by atoms with Gasteiger partial charge in [0.1, 0.15) is 12.1 Å². The second-order valence-corrected chi connectivity index (χ2v) is 5.33. The normalized spacial score (nSPS) is 24.4. The van der Waals surface area contributed by atoms with Crippen molar-refractivity contribution in [3.63, 3.8) is 0 Å². The van der Waals surface area contributed by atoms with Gasteiger partial charge in [-0.05, 0) is 19.1 Å². The fraction of sp³-hybridized carbons (Fsp3) is 0.667. The van der Waals surface area contributed by atoms with E-state index >= 15 is 0 Å². The van der Waals surface area contributed by atoms with E-state index in [0.717, 1.165) is 5.82 Å². The highest BCUT2D eigenvalue weighted by Gasteiger charge is 2.24. The number of hydrogen-bond donors (Lipinski definition) is 1. The van der Waals surface area contributed by atoms with Crippen molar-refractivity contribution in [1.29, 1.82) is 0 Å². The lowest BCUT2D eigenvalue weighted by atomic mass is 9.95. The van der Waals surface area contributed by atoms with Crippen molar-refractivity contribution in [3.05, 3.63) is 12.4 Å². The van der Waals surface area contributed by atoms with Gasteiger partial charge in [0, 0.05) is 17.4 Å². The van der Waals surface area contributed by atoms with Gasteiger partial charge in [-0.15, -0.1) is 0 Å². The number of ether oxygens (including phenoxy) is 1. The molecule has 2 rings (SSSR count). The highest BCUT2D eigenvalue weighted by Crippen LogP contribution is 2.29. The van der Waals surface area contributed by atoms with E-state index in [1.54, 1.807) is 7.11 Å². The summed E-state index contributed by atoms with van der Waals surface area (Å²) in [6.07, 6.45) is 8.88. The van der Waals surface area contributed by atoms with Crippen LogP contribution in [-0.2, 0) is 0 Å². The summed E-state index contributed by atoms with van der Waals surface area (Å²) < 4.78 is 5.10. The van der Waals surface area contributed by atoms with Crippen LogP contribution >= 0.6 is 11.8 Å². The van der Waals surface area contributed by atoms with Gasteiger partial charge in [-0.1, -0.05) is 12.8 Å². The van der Waals surface area contributed by atoms with E-state index < -0.39 is 0 Å². The van der Waals surface area contributed by atoms with E-state index in [9.17, 15) is 0 Å². The van der Waals surface area contributed by atoms with Crippen LogP contribution < -0.4 is 10.1 Å². The largest absolute Gasteiger partial charge is 0.481 e. The van der Waals surface area contributed by atoms with Gasteiger partial charge in [0.05, 0.1) is 7.11 Å². The van der Waals surface area contributed by atoms with Crippen molar-refractivity contribution in [3.8, 4) is 5.88 Å². The Balaban J connectivity index is 2.02. The van der Waals surface area contributed by atoms with Gasteiger partial charge in [0.15, 0.2) is 0 Å². The zero-order valence-electron chi connectivity index (χ0n) is 10.3. The molecule has 0 aliphatic heterocycles. The fourth-order valence-corrected chi connectivity index (χ4v) is 3.20. The van der Waals surface area contributed by atoms with Crippen LogP contribution in [0, 0.1) is 0 Å². The predicted octanol–water partition coefficient (Wildman–Crippen LogP) is 2.57. The summed E-state index contributed by atoms with van der Waals surface area (Å²) in [4.78, 5) is 8.25. The van der Waals surface area contributed by atoms with E-state index in [-0.39, 0.29) is 0 Å². The van der Waals surface area contributed by atoms with E-state index in [2.05, 4.69) is 21.5 Å². The lowest BCUT2D eigenvalue weighted by Crippen LogP contribution is -2.34. The minimum absolute atomic E-state index is 0.512. The van der Waals surface area contributed by atoms with Crippen LogP contribution in [0.15, 0.2) is 12.4 Å². The summed E-state index contributed by atoms with van der Waals surface area (Å²) in [5.74, 6) is 1.47. The van der Waals surface area contributed by atoms with Crippen LogP contribution in [0.25, 0.3) is 0 Å². The molecule has 2 unspecified atom stereocenters. The van der Waals surface area contributed by atoms with Gasteiger partial charge in [0.2, 0.25) is 5.88 Å². The van der Waals surface area contributed by atoms with Crippen molar-refractivity contribution in [2.75, 3.05) is 18.7 Å². The first-order valence-corrected chi connectivity index (χ1v) is 7.27. The van der Waals surface area contributed by atoms with E-state index in [4.69, 9.17) is 4.74 Å². The van der Waals surface area contributed by atoms with Crippen LogP contribution in [0.2, 0.25) is 0 Å². The average molecular weight is 253 g/mol. The maximum absolute atomic E-state index is 5.10. The van der Waals surface area contributed by atoms with Gasteiger partial charge in [-0.2, -0.15) is 11.8 Å². The number of nitrogens with one attached hydrogen (secondary N) is 1. The number of thioether (sulfide) groups is 1. The number of aromatic nitrogens is 2. The van der Waals surface area contributed by atoms with Crippen LogP contribution in [0.3, 0.4) is 0 Å². The van der Waals surface area contributed by atoms with Crippen molar-refractivity contribution in [2.45, 2.75) is 37.0 Å². The molecule has 1 saturated carbocycles. The molecular formula is C12H19N3OS. The number of rotatable bonds is 4. The fourth-order valence-electron chi connectivity index (χ4n) is 2.26. The Hall–Kier alpha value is -0.970. The molecule has 1 aliphatic rings. The Morgan fingerprint density at radius 3 is 2.94 bits per heavy atom. The molecule has 0 aromatic carbocycles. The van der Waals surface area contributed by atoms with Crippen molar-refractivity contribution in [1.82, 2.24) is 9.97 Å². The Kier molecular flexibility index (Phi) is 4.48. The first-order valence-electron chi connectivity index (χ1n) is 5.99. The lowest BCUT2D eigenvalue weighted by Gasteiger charge is -2.31. The Bertz CT molecular complexity index is 361. The molecule has 1 heterocycles. The quantitative estimate of drug-likeness (QED) is 0.893. The standard InChI is InChI=1S/C12H19N3OS/c1-16-12-7-11(13-8-14-12)15-9-5-3-4-6-10(9)17-2/h7-10H,3-6H2,1-2H3,(H,13,14,15). The molecular weight excluding hydrogens is 234 g/mol. The topological polar surface area (TPSA) is 47.0 Å². The predicted molar refractivity (Wildman–Crippen MR) is 71.8 cm³/mol. The second kappa shape index (κ2) is 6.10. The molecule has 1 aliphatic carbocycles. The summed E-state index contributed by atoms with van der Waals surface area (Å²) in [5.41, 5.74) is 0. The van der Waals surface area contributed by atoms with Gasteiger partial charge in [-0.25, -0.2) is 9.97 Å². The third-order valence-corrected chi connectivity index (χ3v) is 4.36. The van der Waals surface area contributed by atoms with E-state index in [0.29, 0.717) is 17.2 Å².